The van der Waals surface area contributed by atoms with Crippen molar-refractivity contribution in [2.24, 2.45) is 4.99 Å². The number of amides is 1. The van der Waals surface area contributed by atoms with Gasteiger partial charge in [0.25, 0.3) is 15.9 Å². The molecule has 1 amide bonds. The van der Waals surface area contributed by atoms with E-state index in [2.05, 4.69) is 35.5 Å². The molecule has 0 aliphatic carbocycles. The molecule has 0 saturated heterocycles. The van der Waals surface area contributed by atoms with Crippen LogP contribution >= 0.6 is 11.3 Å². The number of hydrogen-bond donors (Lipinski definition) is 0. The Morgan fingerprint density at radius 3 is 2.21 bits per heavy atom. The number of sulfonamides is 1. The molecule has 4 aromatic rings. The molecule has 0 aliphatic rings. The maximum Gasteiger partial charge on any atom is 0.279 e. The van der Waals surface area contributed by atoms with Crippen LogP contribution in [-0.4, -0.2) is 25.4 Å². The Kier molecular flexibility index (Phi) is 6.72. The topological polar surface area (TPSA) is 71.7 Å². The number of nitrogens with zero attached hydrogens (tertiary/aromatic N) is 3. The van der Waals surface area contributed by atoms with Gasteiger partial charge in [-0.3, -0.25) is 9.10 Å². The molecule has 0 bridgehead atoms. The van der Waals surface area contributed by atoms with Crippen molar-refractivity contribution in [3.63, 3.8) is 0 Å². The summed E-state index contributed by atoms with van der Waals surface area (Å²) in [5, 5.41) is 0. The van der Waals surface area contributed by atoms with Gasteiger partial charge in [-0.15, -0.1) is 0 Å². The van der Waals surface area contributed by atoms with E-state index in [0.29, 0.717) is 29.1 Å². The summed E-state index contributed by atoms with van der Waals surface area (Å²) in [6, 6.07) is 19.1. The van der Waals surface area contributed by atoms with Crippen LogP contribution in [0.15, 0.2) is 76.6 Å². The Balaban J connectivity index is 1.69. The number of aromatic nitrogens is 1. The van der Waals surface area contributed by atoms with Gasteiger partial charge in [-0.25, -0.2) is 8.42 Å². The molecule has 176 valence electrons. The lowest BCUT2D eigenvalue weighted by molar-refractivity contribution is 0.0997. The minimum Gasteiger partial charge on any atom is -0.316 e. The first kappa shape index (κ1) is 23.9. The minimum absolute atomic E-state index is 0.131. The lowest BCUT2D eigenvalue weighted by Gasteiger charge is -2.22. The minimum atomic E-state index is -3.75. The van der Waals surface area contributed by atoms with E-state index in [9.17, 15) is 13.2 Å². The number of anilines is 1. The fourth-order valence-electron chi connectivity index (χ4n) is 3.99. The first-order chi connectivity index (χ1) is 16.3. The van der Waals surface area contributed by atoms with Crippen LogP contribution in [0.5, 0.6) is 0 Å². The fourth-order valence-corrected chi connectivity index (χ4v) is 6.70. The summed E-state index contributed by atoms with van der Waals surface area (Å²) in [7, 11) is -3.75. The predicted octanol–water partition coefficient (Wildman–Crippen LogP) is 5.30. The molecule has 8 heteroatoms. The van der Waals surface area contributed by atoms with Crippen molar-refractivity contribution in [3.8, 4) is 0 Å². The zero-order valence-electron chi connectivity index (χ0n) is 19.6. The number of carbonyl (C=O) groups is 1. The Labute approximate surface area is 203 Å². The highest BCUT2D eigenvalue weighted by atomic mass is 32.2. The highest BCUT2D eigenvalue weighted by Crippen LogP contribution is 2.26. The van der Waals surface area contributed by atoms with Gasteiger partial charge in [0.15, 0.2) is 4.80 Å². The van der Waals surface area contributed by atoms with E-state index in [0.717, 1.165) is 21.3 Å². The average Bonchev–Trinajstić information content (AvgIpc) is 3.22. The third-order valence-electron chi connectivity index (χ3n) is 5.76. The maximum absolute atomic E-state index is 13.2. The van der Waals surface area contributed by atoms with Crippen molar-refractivity contribution >= 4 is 43.2 Å². The monoisotopic (exact) mass is 493 g/mol. The van der Waals surface area contributed by atoms with Crippen molar-refractivity contribution in [3.05, 3.63) is 88.2 Å². The molecule has 0 atom stereocenters. The van der Waals surface area contributed by atoms with Crippen LogP contribution in [0.25, 0.3) is 10.2 Å². The summed E-state index contributed by atoms with van der Waals surface area (Å²) < 4.78 is 30.9. The van der Waals surface area contributed by atoms with Crippen LogP contribution in [0.4, 0.5) is 5.69 Å². The lowest BCUT2D eigenvalue weighted by Crippen LogP contribution is -2.30. The quantitative estimate of drug-likeness (QED) is 0.366. The zero-order chi connectivity index (χ0) is 24.5. The van der Waals surface area contributed by atoms with Crippen LogP contribution in [0.1, 0.15) is 35.3 Å². The van der Waals surface area contributed by atoms with E-state index >= 15 is 0 Å². The third kappa shape index (κ3) is 4.31. The lowest BCUT2D eigenvalue weighted by atomic mass is 10.1. The van der Waals surface area contributed by atoms with E-state index in [4.69, 9.17) is 0 Å². The maximum atomic E-state index is 13.2. The van der Waals surface area contributed by atoms with Crippen LogP contribution in [-0.2, 0) is 16.6 Å². The van der Waals surface area contributed by atoms with E-state index in [1.807, 2.05) is 13.0 Å². The smallest absolute Gasteiger partial charge is 0.279 e. The number of benzene rings is 3. The average molecular weight is 494 g/mol. The Morgan fingerprint density at radius 1 is 0.941 bits per heavy atom. The van der Waals surface area contributed by atoms with Gasteiger partial charge in [0.05, 0.1) is 20.8 Å². The summed E-state index contributed by atoms with van der Waals surface area (Å²) in [4.78, 5) is 18.1. The second kappa shape index (κ2) is 9.56. The summed E-state index contributed by atoms with van der Waals surface area (Å²) in [6.45, 7) is 8.92. The first-order valence-corrected chi connectivity index (χ1v) is 13.4. The number of fused-ring (bicyclic) bond motifs is 1. The summed E-state index contributed by atoms with van der Waals surface area (Å²) in [5.74, 6) is -0.400. The summed E-state index contributed by atoms with van der Waals surface area (Å²) in [5.41, 5.74) is 4.33. The molecule has 0 aliphatic heterocycles. The molecule has 0 radical (unpaired) electrons. The largest absolute Gasteiger partial charge is 0.316 e. The van der Waals surface area contributed by atoms with Gasteiger partial charge in [-0.1, -0.05) is 41.7 Å². The van der Waals surface area contributed by atoms with Gasteiger partial charge < -0.3 is 4.57 Å². The number of thiazole rings is 1. The summed E-state index contributed by atoms with van der Waals surface area (Å²) >= 11 is 1.50. The van der Waals surface area contributed by atoms with Crippen molar-refractivity contribution in [1.29, 1.82) is 0 Å². The van der Waals surface area contributed by atoms with Gasteiger partial charge in [0, 0.05) is 18.7 Å². The van der Waals surface area contributed by atoms with Crippen molar-refractivity contribution in [1.82, 2.24) is 4.57 Å². The highest BCUT2D eigenvalue weighted by Gasteiger charge is 2.23. The van der Waals surface area contributed by atoms with Gasteiger partial charge in [0.1, 0.15) is 0 Å². The van der Waals surface area contributed by atoms with E-state index in [1.54, 1.807) is 31.2 Å². The molecule has 34 heavy (non-hydrogen) atoms. The molecule has 0 fully saturated rings. The number of aryl methyl sites for hydroxylation is 3. The Morgan fingerprint density at radius 2 is 1.59 bits per heavy atom. The molecule has 0 N–H and O–H groups in total. The van der Waals surface area contributed by atoms with Crippen LogP contribution in [0.2, 0.25) is 0 Å². The molecule has 0 spiro atoms. The van der Waals surface area contributed by atoms with Crippen LogP contribution in [0, 0.1) is 13.8 Å². The molecule has 4 rings (SSSR count). The standard InChI is InChI=1S/C26H27N3O3S2/c1-5-28-23-18(3)12-13-19(4)24(23)33-26(28)27-25(30)20-14-16-22(17-15-20)34(31,32)29(6-2)21-10-8-7-9-11-21/h7-17H,5-6H2,1-4H3. The van der Waals surface area contributed by atoms with E-state index in [-0.39, 0.29) is 4.90 Å². The van der Waals surface area contributed by atoms with Gasteiger partial charge >= 0.3 is 0 Å². The molecule has 6 nitrogen and oxygen atoms in total. The normalized spacial score (nSPS) is 12.3. The number of carbonyl (C=O) groups excluding carboxylic acids is 1. The second-order valence-corrected chi connectivity index (χ2v) is 10.8. The SMILES string of the molecule is CCN(c1ccccc1)S(=O)(=O)c1ccc(C(=O)N=c2sc3c(C)ccc(C)c3n2CC)cc1. The van der Waals surface area contributed by atoms with Crippen molar-refractivity contribution in [2.45, 2.75) is 39.1 Å². The molecule has 3 aromatic carbocycles. The first-order valence-electron chi connectivity index (χ1n) is 11.1. The highest BCUT2D eigenvalue weighted by molar-refractivity contribution is 7.92. The predicted molar refractivity (Wildman–Crippen MR) is 138 cm³/mol. The molecule has 0 unspecified atom stereocenters. The number of rotatable bonds is 6. The molecular weight excluding hydrogens is 466 g/mol. The summed E-state index contributed by atoms with van der Waals surface area (Å²) in [6.07, 6.45) is 0. The van der Waals surface area contributed by atoms with Gasteiger partial charge in [0.2, 0.25) is 0 Å². The van der Waals surface area contributed by atoms with E-state index in [1.165, 1.54) is 39.9 Å². The van der Waals surface area contributed by atoms with Crippen molar-refractivity contribution < 1.29 is 13.2 Å². The molecule has 1 aromatic heterocycles. The second-order valence-electron chi connectivity index (χ2n) is 7.95. The third-order valence-corrected chi connectivity index (χ3v) is 8.89. The van der Waals surface area contributed by atoms with Crippen LogP contribution in [0.3, 0.4) is 0 Å². The zero-order valence-corrected chi connectivity index (χ0v) is 21.3. The number of para-hydroxylation sites is 1. The number of hydrogen-bond acceptors (Lipinski definition) is 4. The Hall–Kier alpha value is -3.23. The fraction of sp³-hybridized carbons (Fsp3) is 0.231. The van der Waals surface area contributed by atoms with Gasteiger partial charge in [-0.05, 0) is 75.2 Å². The molecule has 0 saturated carbocycles. The van der Waals surface area contributed by atoms with Gasteiger partial charge in [-0.2, -0.15) is 4.99 Å². The molecule has 1 heterocycles. The van der Waals surface area contributed by atoms with Crippen LogP contribution < -0.4 is 9.11 Å². The van der Waals surface area contributed by atoms with Crippen molar-refractivity contribution in [2.75, 3.05) is 10.8 Å². The van der Waals surface area contributed by atoms with E-state index < -0.39 is 15.9 Å². The Bertz CT molecular complexity index is 1520. The molecular formula is C26H27N3O3S2.